The molecule has 3 amide bonds. The summed E-state index contributed by atoms with van der Waals surface area (Å²) in [6.07, 6.45) is -2.37. The average molecular weight is 276 g/mol. The van der Waals surface area contributed by atoms with Crippen molar-refractivity contribution in [1.82, 2.24) is 10.2 Å². The predicted octanol–water partition coefficient (Wildman–Crippen LogP) is -1.75. The molecule has 2 aliphatic heterocycles. The van der Waals surface area contributed by atoms with Crippen molar-refractivity contribution in [1.29, 1.82) is 0 Å². The van der Waals surface area contributed by atoms with E-state index in [9.17, 15) is 14.7 Å². The average Bonchev–Trinajstić information content (AvgIpc) is 2.75. The first-order chi connectivity index (χ1) is 8.91. The number of carbonyl (C=O) groups is 2. The number of carbonyl (C=O) groups excluding carboxylic acids is 2. The minimum atomic E-state index is -1.60. The number of hydrogen-bond donors (Lipinski definition) is 4. The second-order valence-corrected chi connectivity index (χ2v) is 4.82. The molecule has 4 N–H and O–H groups in total. The molecular weight excluding hydrogens is 260 g/mol. The fourth-order valence-electron chi connectivity index (χ4n) is 2.14. The van der Waals surface area contributed by atoms with Gasteiger partial charge in [0, 0.05) is 6.42 Å². The molecule has 2 heterocycles. The van der Waals surface area contributed by atoms with Crippen LogP contribution in [0.3, 0.4) is 0 Å². The van der Waals surface area contributed by atoms with Gasteiger partial charge in [-0.3, -0.25) is 20.3 Å². The monoisotopic (exact) mass is 276 g/mol. The summed E-state index contributed by atoms with van der Waals surface area (Å²) in [5.41, 5.74) is -1.60. The van der Waals surface area contributed by atoms with Crippen LogP contribution in [0.5, 0.6) is 0 Å². The van der Waals surface area contributed by atoms with Crippen LogP contribution in [0.4, 0.5) is 4.79 Å². The molecule has 0 aliphatic carbocycles. The Morgan fingerprint density at radius 2 is 2.26 bits per heavy atom. The third kappa shape index (κ3) is 2.42. The maximum atomic E-state index is 11.7. The number of ether oxygens (including phenoxy) is 1. The molecule has 0 aromatic rings. The molecule has 0 radical (unpaired) electrons. The first-order valence-electron chi connectivity index (χ1n) is 5.80. The minimum absolute atomic E-state index is 0.106. The van der Waals surface area contributed by atoms with Crippen LogP contribution in [0, 0.1) is 0 Å². The molecule has 9 nitrogen and oxygen atoms in total. The summed E-state index contributed by atoms with van der Waals surface area (Å²) >= 11 is 0. The van der Waals surface area contributed by atoms with E-state index < -0.39 is 36.0 Å². The van der Waals surface area contributed by atoms with Crippen LogP contribution in [0.25, 0.3) is 0 Å². The van der Waals surface area contributed by atoms with E-state index in [-0.39, 0.29) is 19.6 Å². The Bertz CT molecular complexity index is 390. The van der Waals surface area contributed by atoms with Gasteiger partial charge in [0.25, 0.3) is 5.91 Å². The number of aliphatic hydroxyl groups is 2. The zero-order valence-electron chi connectivity index (χ0n) is 10.3. The van der Waals surface area contributed by atoms with E-state index in [0.717, 1.165) is 4.90 Å². The maximum absolute atomic E-state index is 11.7. The molecule has 19 heavy (non-hydrogen) atoms. The Morgan fingerprint density at radius 3 is 2.79 bits per heavy atom. The number of imide groups is 1. The van der Waals surface area contributed by atoms with E-state index in [1.807, 2.05) is 5.32 Å². The number of hydrogen-bond acceptors (Lipinski definition) is 7. The smallest absolute Gasteiger partial charge is 0.326 e. The van der Waals surface area contributed by atoms with Crippen LogP contribution >= 0.6 is 0 Å². The molecule has 9 heteroatoms. The van der Waals surface area contributed by atoms with E-state index in [0.29, 0.717) is 0 Å². The highest BCUT2D eigenvalue weighted by Gasteiger charge is 2.49. The van der Waals surface area contributed by atoms with Crippen molar-refractivity contribution in [3.05, 3.63) is 0 Å². The van der Waals surface area contributed by atoms with Gasteiger partial charge < -0.3 is 14.9 Å². The Balaban J connectivity index is 2.12. The van der Waals surface area contributed by atoms with Crippen LogP contribution in [0.2, 0.25) is 0 Å². The number of amides is 3. The zero-order chi connectivity index (χ0) is 14.2. The topological polar surface area (TPSA) is 129 Å². The zero-order valence-corrected chi connectivity index (χ0v) is 10.3. The lowest BCUT2D eigenvalue weighted by Crippen LogP contribution is -2.65. The van der Waals surface area contributed by atoms with E-state index >= 15 is 0 Å². The van der Waals surface area contributed by atoms with Gasteiger partial charge in [-0.15, -0.1) is 0 Å². The van der Waals surface area contributed by atoms with Crippen molar-refractivity contribution >= 4 is 11.9 Å². The summed E-state index contributed by atoms with van der Waals surface area (Å²) < 4.78 is 5.32. The first kappa shape index (κ1) is 14.2. The highest BCUT2D eigenvalue weighted by atomic mass is 17.1. The van der Waals surface area contributed by atoms with Crippen molar-refractivity contribution in [3.8, 4) is 0 Å². The summed E-state index contributed by atoms with van der Waals surface area (Å²) in [7, 11) is 0. The van der Waals surface area contributed by atoms with Gasteiger partial charge in [0.2, 0.25) is 0 Å². The molecule has 2 fully saturated rings. The Kier molecular flexibility index (Phi) is 3.74. The summed E-state index contributed by atoms with van der Waals surface area (Å²) in [5, 5.41) is 29.4. The second kappa shape index (κ2) is 5.02. The number of rotatable bonds is 3. The Labute approximate surface area is 108 Å². The van der Waals surface area contributed by atoms with E-state index in [1.54, 1.807) is 0 Å². The lowest BCUT2D eigenvalue weighted by molar-refractivity contribution is -0.312. The van der Waals surface area contributed by atoms with Gasteiger partial charge in [-0.2, -0.15) is 0 Å². The molecule has 2 rings (SSSR count). The first-order valence-corrected chi connectivity index (χ1v) is 5.80. The van der Waals surface area contributed by atoms with E-state index in [2.05, 4.69) is 4.89 Å². The van der Waals surface area contributed by atoms with Gasteiger partial charge in [-0.1, -0.05) is 0 Å². The molecule has 0 bridgehead atoms. The summed E-state index contributed by atoms with van der Waals surface area (Å²) in [6.45, 7) is 0.722. The van der Waals surface area contributed by atoms with Gasteiger partial charge in [0.1, 0.15) is 12.3 Å². The largest absolute Gasteiger partial charge is 0.394 e. The summed E-state index contributed by atoms with van der Waals surface area (Å²) in [5.74, 6) is -0.756. The molecule has 2 aliphatic rings. The van der Waals surface area contributed by atoms with Gasteiger partial charge in [0.15, 0.2) is 5.60 Å². The Hall–Kier alpha value is -1.26. The molecule has 0 aromatic heterocycles. The molecule has 0 unspecified atom stereocenters. The molecule has 0 spiro atoms. The molecule has 108 valence electrons. The minimum Gasteiger partial charge on any atom is -0.394 e. The highest BCUT2D eigenvalue weighted by Crippen LogP contribution is 2.27. The van der Waals surface area contributed by atoms with Crippen molar-refractivity contribution in [2.45, 2.75) is 37.4 Å². The molecule has 4 atom stereocenters. The van der Waals surface area contributed by atoms with E-state index in [1.165, 1.54) is 6.92 Å². The van der Waals surface area contributed by atoms with E-state index in [4.69, 9.17) is 15.1 Å². The fraction of sp³-hybridized carbons (Fsp3) is 0.800. The standard InChI is InChI=1S/C10H16N2O7/c1-10(19-17)4-12(9(16)11-8(10)15)7-2-5(14)6(3-13)18-7/h5-7,13-14,17H,2-4H2,1H3,(H,11,15,16)/t5-,6+,7+,10-/m0/s1. The third-order valence-electron chi connectivity index (χ3n) is 3.37. The van der Waals surface area contributed by atoms with Gasteiger partial charge in [-0.25, -0.2) is 9.68 Å². The Morgan fingerprint density at radius 1 is 1.58 bits per heavy atom. The van der Waals surface area contributed by atoms with Crippen molar-refractivity contribution in [3.63, 3.8) is 0 Å². The van der Waals surface area contributed by atoms with Crippen molar-refractivity contribution < 1.29 is 34.7 Å². The number of urea groups is 1. The van der Waals surface area contributed by atoms with Crippen molar-refractivity contribution in [2.24, 2.45) is 0 Å². The number of nitrogens with one attached hydrogen (secondary N) is 1. The summed E-state index contributed by atoms with van der Waals surface area (Å²) in [4.78, 5) is 28.5. The molecule has 0 aromatic carbocycles. The number of aliphatic hydroxyl groups excluding tert-OH is 2. The van der Waals surface area contributed by atoms with Crippen LogP contribution in [0.1, 0.15) is 13.3 Å². The van der Waals surface area contributed by atoms with Crippen molar-refractivity contribution in [2.75, 3.05) is 13.2 Å². The third-order valence-corrected chi connectivity index (χ3v) is 3.37. The SMILES string of the molecule is C[C@]1(OO)CN([C@H]2C[C@H](O)[C@@H](CO)O2)C(=O)NC1=O. The fourth-order valence-corrected chi connectivity index (χ4v) is 2.14. The maximum Gasteiger partial charge on any atom is 0.326 e. The molecule has 2 saturated heterocycles. The van der Waals surface area contributed by atoms with Gasteiger partial charge in [0.05, 0.1) is 19.3 Å². The molecule has 0 saturated carbocycles. The van der Waals surface area contributed by atoms with Crippen LogP contribution in [0.15, 0.2) is 0 Å². The quantitative estimate of drug-likeness (QED) is 0.355. The van der Waals surface area contributed by atoms with Crippen LogP contribution in [-0.4, -0.2) is 69.5 Å². The normalized spacial score (nSPS) is 39.6. The second-order valence-electron chi connectivity index (χ2n) is 4.82. The summed E-state index contributed by atoms with van der Waals surface area (Å²) in [6, 6.07) is -0.699. The number of nitrogens with zero attached hydrogens (tertiary/aromatic N) is 1. The molecular formula is C10H16N2O7. The van der Waals surface area contributed by atoms with Gasteiger partial charge in [-0.05, 0) is 6.92 Å². The van der Waals surface area contributed by atoms with Crippen LogP contribution < -0.4 is 5.32 Å². The lowest BCUT2D eigenvalue weighted by atomic mass is 10.0. The highest BCUT2D eigenvalue weighted by molar-refractivity contribution is 6.01. The van der Waals surface area contributed by atoms with Gasteiger partial charge >= 0.3 is 6.03 Å². The van der Waals surface area contributed by atoms with Crippen LogP contribution in [-0.2, 0) is 14.4 Å². The lowest BCUT2D eigenvalue weighted by Gasteiger charge is -2.39. The predicted molar refractivity (Wildman–Crippen MR) is 58.7 cm³/mol.